The fraction of sp³-hybridized carbons (Fsp3) is 0.923. The number of hydrogen-bond acceptors (Lipinski definition) is 3. The number of amides is 1. The maximum absolute atomic E-state index is 12.1. The Morgan fingerprint density at radius 3 is 2.35 bits per heavy atom. The highest BCUT2D eigenvalue weighted by molar-refractivity contribution is 7.86. The molecule has 2 aliphatic rings. The van der Waals surface area contributed by atoms with Gasteiger partial charge >= 0.3 is 0 Å². The van der Waals surface area contributed by atoms with Crippen molar-refractivity contribution in [2.75, 3.05) is 34.2 Å². The van der Waals surface area contributed by atoms with E-state index in [0.717, 1.165) is 12.8 Å². The van der Waals surface area contributed by atoms with E-state index in [0.29, 0.717) is 25.6 Å². The van der Waals surface area contributed by atoms with Gasteiger partial charge in [-0.25, -0.2) is 0 Å². The summed E-state index contributed by atoms with van der Waals surface area (Å²) in [6.07, 6.45) is 5.08. The van der Waals surface area contributed by atoms with Crippen molar-refractivity contribution in [3.8, 4) is 0 Å². The first kappa shape index (κ1) is 15.7. The zero-order valence-corrected chi connectivity index (χ0v) is 13.4. The zero-order valence-electron chi connectivity index (χ0n) is 12.6. The molecule has 1 heterocycles. The van der Waals surface area contributed by atoms with E-state index in [-0.39, 0.29) is 11.8 Å². The molecule has 1 saturated heterocycles. The van der Waals surface area contributed by atoms with Crippen molar-refractivity contribution in [3.63, 3.8) is 0 Å². The van der Waals surface area contributed by atoms with Gasteiger partial charge in [0, 0.05) is 46.7 Å². The minimum atomic E-state index is -3.38. The Morgan fingerprint density at radius 2 is 1.80 bits per heavy atom. The molecule has 6 nitrogen and oxygen atoms in total. The van der Waals surface area contributed by atoms with Gasteiger partial charge in [-0.3, -0.25) is 4.79 Å². The van der Waals surface area contributed by atoms with Gasteiger partial charge in [-0.15, -0.1) is 0 Å². The van der Waals surface area contributed by atoms with Crippen LogP contribution in [0.3, 0.4) is 0 Å². The van der Waals surface area contributed by atoms with Crippen LogP contribution in [0.2, 0.25) is 0 Å². The van der Waals surface area contributed by atoms with Gasteiger partial charge in [0.2, 0.25) is 5.91 Å². The molecule has 0 aromatic heterocycles. The lowest BCUT2D eigenvalue weighted by Crippen LogP contribution is -2.41. The molecular weight excluding hydrogens is 278 g/mol. The summed E-state index contributed by atoms with van der Waals surface area (Å²) in [6.45, 7) is 1.12. The second-order valence-electron chi connectivity index (χ2n) is 6.13. The van der Waals surface area contributed by atoms with E-state index in [1.54, 1.807) is 7.05 Å². The summed E-state index contributed by atoms with van der Waals surface area (Å²) < 4.78 is 26.5. The third-order valence-corrected chi connectivity index (χ3v) is 6.23. The smallest absolute Gasteiger partial charge is 0.281 e. The van der Waals surface area contributed by atoms with Gasteiger partial charge in [-0.05, 0) is 18.8 Å². The van der Waals surface area contributed by atoms with Crippen LogP contribution in [0.4, 0.5) is 0 Å². The first-order valence-electron chi connectivity index (χ1n) is 7.25. The van der Waals surface area contributed by atoms with E-state index in [9.17, 15) is 13.2 Å². The Balaban J connectivity index is 1.94. The van der Waals surface area contributed by atoms with Gasteiger partial charge < -0.3 is 4.90 Å². The quantitative estimate of drug-likeness (QED) is 0.744. The molecule has 7 heteroatoms. The average molecular weight is 303 g/mol. The molecule has 1 amide bonds. The first-order chi connectivity index (χ1) is 9.32. The number of carbonyl (C=O) groups excluding carboxylic acids is 1. The van der Waals surface area contributed by atoms with Crippen molar-refractivity contribution in [1.82, 2.24) is 13.5 Å². The average Bonchev–Trinajstić information content (AvgIpc) is 2.98. The Bertz CT molecular complexity index is 457. The second kappa shape index (κ2) is 5.99. The van der Waals surface area contributed by atoms with Crippen LogP contribution >= 0.6 is 0 Å². The molecule has 0 aromatic rings. The van der Waals surface area contributed by atoms with Crippen LogP contribution in [0.1, 0.15) is 32.1 Å². The van der Waals surface area contributed by atoms with Crippen molar-refractivity contribution in [2.24, 2.45) is 5.92 Å². The number of rotatable bonds is 5. The Kier molecular flexibility index (Phi) is 4.71. The predicted molar refractivity (Wildman–Crippen MR) is 77.3 cm³/mol. The summed E-state index contributed by atoms with van der Waals surface area (Å²) in [5.41, 5.74) is 0. The molecule has 116 valence electrons. The molecule has 0 N–H and O–H groups in total. The number of carbonyl (C=O) groups is 1. The van der Waals surface area contributed by atoms with Crippen molar-refractivity contribution in [1.29, 1.82) is 0 Å². The summed E-state index contributed by atoms with van der Waals surface area (Å²) in [6, 6.07) is 0.392. The van der Waals surface area contributed by atoms with Gasteiger partial charge in [0.1, 0.15) is 0 Å². The van der Waals surface area contributed by atoms with Crippen molar-refractivity contribution >= 4 is 16.1 Å². The molecular formula is C13H25N3O3S. The summed E-state index contributed by atoms with van der Waals surface area (Å²) >= 11 is 0. The van der Waals surface area contributed by atoms with Gasteiger partial charge in [-0.1, -0.05) is 12.8 Å². The fourth-order valence-electron chi connectivity index (χ4n) is 3.24. The van der Waals surface area contributed by atoms with Gasteiger partial charge in [0.05, 0.1) is 0 Å². The zero-order chi connectivity index (χ0) is 14.9. The molecule has 0 spiro atoms. The minimum absolute atomic E-state index is 0.114. The van der Waals surface area contributed by atoms with Crippen LogP contribution in [0, 0.1) is 5.92 Å². The molecule has 1 aliphatic carbocycles. The summed E-state index contributed by atoms with van der Waals surface area (Å²) in [5.74, 6) is 0.306. The summed E-state index contributed by atoms with van der Waals surface area (Å²) in [7, 11) is 1.25. The monoisotopic (exact) mass is 303 g/mol. The topological polar surface area (TPSA) is 60.9 Å². The molecule has 1 saturated carbocycles. The third kappa shape index (κ3) is 3.15. The van der Waals surface area contributed by atoms with Crippen LogP contribution in [0.25, 0.3) is 0 Å². The highest BCUT2D eigenvalue weighted by Crippen LogP contribution is 2.29. The summed E-state index contributed by atoms with van der Waals surface area (Å²) in [4.78, 5) is 14.1. The molecule has 20 heavy (non-hydrogen) atoms. The van der Waals surface area contributed by atoms with Crippen LogP contribution in [0.5, 0.6) is 0 Å². The molecule has 1 unspecified atom stereocenters. The lowest BCUT2D eigenvalue weighted by Gasteiger charge is -2.26. The third-order valence-electron chi connectivity index (χ3n) is 4.37. The van der Waals surface area contributed by atoms with Crippen LogP contribution in [0.15, 0.2) is 0 Å². The standard InChI is InChI=1S/C13H25N3O3S/c1-14(2)20(18,19)15(3)9-11-8-13(17)16(10-11)12-6-4-5-7-12/h11-12H,4-10H2,1-3H3. The second-order valence-corrected chi connectivity index (χ2v) is 8.37. The fourth-order valence-corrected chi connectivity index (χ4v) is 4.19. The molecule has 2 fully saturated rings. The SMILES string of the molecule is CN(C)S(=O)(=O)N(C)CC1CC(=O)N(C2CCCC2)C1. The number of hydrogen-bond donors (Lipinski definition) is 0. The predicted octanol–water partition coefficient (Wildman–Crippen LogP) is 0.516. The highest BCUT2D eigenvalue weighted by Gasteiger charge is 2.37. The van der Waals surface area contributed by atoms with E-state index in [2.05, 4.69) is 0 Å². The van der Waals surface area contributed by atoms with Crippen LogP contribution in [-0.2, 0) is 15.0 Å². The normalized spacial score (nSPS) is 25.4. The number of nitrogens with zero attached hydrogens (tertiary/aromatic N) is 3. The Morgan fingerprint density at radius 1 is 1.20 bits per heavy atom. The Labute approximate surface area is 121 Å². The van der Waals surface area contributed by atoms with E-state index in [1.807, 2.05) is 4.90 Å². The van der Waals surface area contributed by atoms with E-state index < -0.39 is 10.2 Å². The molecule has 1 atom stereocenters. The molecule has 0 radical (unpaired) electrons. The van der Waals surface area contributed by atoms with E-state index >= 15 is 0 Å². The van der Waals surface area contributed by atoms with Crippen LogP contribution in [-0.4, -0.2) is 68.1 Å². The minimum Gasteiger partial charge on any atom is -0.339 e. The molecule has 0 aromatic carbocycles. The van der Waals surface area contributed by atoms with Crippen molar-refractivity contribution in [2.45, 2.75) is 38.1 Å². The first-order valence-corrected chi connectivity index (χ1v) is 8.65. The van der Waals surface area contributed by atoms with E-state index in [4.69, 9.17) is 0 Å². The van der Waals surface area contributed by atoms with Crippen LogP contribution < -0.4 is 0 Å². The molecule has 2 rings (SSSR count). The lowest BCUT2D eigenvalue weighted by atomic mass is 10.1. The van der Waals surface area contributed by atoms with Crippen molar-refractivity contribution < 1.29 is 13.2 Å². The largest absolute Gasteiger partial charge is 0.339 e. The Hall–Kier alpha value is -0.660. The molecule has 1 aliphatic heterocycles. The maximum atomic E-state index is 12.1. The van der Waals surface area contributed by atoms with Gasteiger partial charge in [-0.2, -0.15) is 17.0 Å². The molecule has 0 bridgehead atoms. The number of likely N-dealkylation sites (tertiary alicyclic amines) is 1. The maximum Gasteiger partial charge on any atom is 0.281 e. The van der Waals surface area contributed by atoms with E-state index in [1.165, 1.54) is 35.5 Å². The van der Waals surface area contributed by atoms with Crippen molar-refractivity contribution in [3.05, 3.63) is 0 Å². The van der Waals surface area contributed by atoms with Gasteiger partial charge in [0.25, 0.3) is 10.2 Å². The highest BCUT2D eigenvalue weighted by atomic mass is 32.2. The summed E-state index contributed by atoms with van der Waals surface area (Å²) in [5, 5.41) is 0. The van der Waals surface area contributed by atoms with Gasteiger partial charge in [0.15, 0.2) is 0 Å². The lowest BCUT2D eigenvalue weighted by molar-refractivity contribution is -0.129.